The molecular formula is C22H21Cl2NO4. The minimum Gasteiger partial charge on any atom is -0.486 e. The molecule has 0 aliphatic carbocycles. The van der Waals surface area contributed by atoms with Gasteiger partial charge in [-0.3, -0.25) is 9.59 Å². The lowest BCUT2D eigenvalue weighted by molar-refractivity contribution is -0.141. The summed E-state index contributed by atoms with van der Waals surface area (Å²) in [5.74, 6) is 1.13. The summed E-state index contributed by atoms with van der Waals surface area (Å²) in [5.41, 5.74) is -0.0266. The van der Waals surface area contributed by atoms with Gasteiger partial charge in [0.1, 0.15) is 17.1 Å². The Labute approximate surface area is 179 Å². The molecule has 0 radical (unpaired) electrons. The van der Waals surface area contributed by atoms with E-state index in [0.717, 1.165) is 0 Å². The third-order valence-corrected chi connectivity index (χ3v) is 6.00. The SMILES string of the molecule is CC(Oc1ccc(Cl)cc1)C(=O)N1CCC2(CC1)CC(=O)c1cc(Cl)ccc1O2. The maximum atomic E-state index is 12.8. The zero-order valence-corrected chi connectivity index (χ0v) is 17.5. The van der Waals surface area contributed by atoms with Crippen molar-refractivity contribution in [1.29, 1.82) is 0 Å². The highest BCUT2D eigenvalue weighted by atomic mass is 35.5. The van der Waals surface area contributed by atoms with Crippen LogP contribution in [0.4, 0.5) is 0 Å². The van der Waals surface area contributed by atoms with E-state index in [1.165, 1.54) is 0 Å². The average molecular weight is 434 g/mol. The van der Waals surface area contributed by atoms with Crippen molar-refractivity contribution in [3.8, 4) is 11.5 Å². The number of benzene rings is 2. The van der Waals surface area contributed by atoms with E-state index in [9.17, 15) is 9.59 Å². The van der Waals surface area contributed by atoms with E-state index in [4.69, 9.17) is 32.7 Å². The number of halogens is 2. The molecule has 1 unspecified atom stereocenters. The lowest BCUT2D eigenvalue weighted by atomic mass is 9.82. The van der Waals surface area contributed by atoms with Gasteiger partial charge < -0.3 is 14.4 Å². The van der Waals surface area contributed by atoms with Crippen LogP contribution >= 0.6 is 23.2 Å². The number of piperidine rings is 1. The second-order valence-corrected chi connectivity index (χ2v) is 8.44. The lowest BCUT2D eigenvalue weighted by Gasteiger charge is -2.44. The van der Waals surface area contributed by atoms with Gasteiger partial charge in [0.15, 0.2) is 11.9 Å². The number of hydrogen-bond acceptors (Lipinski definition) is 4. The van der Waals surface area contributed by atoms with Crippen LogP contribution in [0.15, 0.2) is 42.5 Å². The van der Waals surface area contributed by atoms with E-state index in [2.05, 4.69) is 0 Å². The van der Waals surface area contributed by atoms with Crippen molar-refractivity contribution < 1.29 is 19.1 Å². The Kier molecular flexibility index (Phi) is 5.45. The third kappa shape index (κ3) is 4.21. The molecule has 29 heavy (non-hydrogen) atoms. The Balaban J connectivity index is 1.39. The Morgan fingerprint density at radius 2 is 1.76 bits per heavy atom. The molecule has 1 fully saturated rings. The highest BCUT2D eigenvalue weighted by Gasteiger charge is 2.44. The van der Waals surface area contributed by atoms with E-state index < -0.39 is 11.7 Å². The van der Waals surface area contributed by atoms with E-state index in [1.807, 2.05) is 0 Å². The highest BCUT2D eigenvalue weighted by molar-refractivity contribution is 6.31. The zero-order chi connectivity index (χ0) is 20.6. The molecule has 5 nitrogen and oxygen atoms in total. The topological polar surface area (TPSA) is 55.8 Å². The molecule has 7 heteroatoms. The molecule has 1 amide bonds. The van der Waals surface area contributed by atoms with Gasteiger partial charge in [0.2, 0.25) is 0 Å². The fourth-order valence-electron chi connectivity index (χ4n) is 3.90. The normalized spacial score (nSPS) is 18.7. The summed E-state index contributed by atoms with van der Waals surface area (Å²) >= 11 is 11.9. The molecule has 0 saturated carbocycles. The fraction of sp³-hybridized carbons (Fsp3) is 0.364. The first-order chi connectivity index (χ1) is 13.8. The first-order valence-corrected chi connectivity index (χ1v) is 10.3. The molecule has 0 N–H and O–H groups in total. The molecule has 4 rings (SSSR count). The van der Waals surface area contributed by atoms with E-state index >= 15 is 0 Å². The van der Waals surface area contributed by atoms with Crippen LogP contribution in [0.1, 0.15) is 36.5 Å². The first-order valence-electron chi connectivity index (χ1n) is 9.58. The Bertz CT molecular complexity index is 936. The Hall–Kier alpha value is -2.24. The number of fused-ring (bicyclic) bond motifs is 1. The minimum absolute atomic E-state index is 0.0352. The van der Waals surface area contributed by atoms with Crippen LogP contribution in [-0.2, 0) is 4.79 Å². The van der Waals surface area contributed by atoms with Crippen LogP contribution in [0.25, 0.3) is 0 Å². The Morgan fingerprint density at radius 1 is 1.10 bits per heavy atom. The molecule has 2 aliphatic rings. The standard InChI is InChI=1S/C22H21Cl2NO4/c1-14(28-17-5-2-15(23)3-6-17)21(27)25-10-8-22(9-11-25)13-19(26)18-12-16(24)4-7-20(18)29-22/h2-7,12,14H,8-11,13H2,1H3. The highest BCUT2D eigenvalue weighted by Crippen LogP contribution is 2.40. The molecule has 2 aliphatic heterocycles. The Morgan fingerprint density at radius 3 is 2.45 bits per heavy atom. The average Bonchev–Trinajstić information content (AvgIpc) is 2.70. The number of carbonyl (C=O) groups is 2. The van der Waals surface area contributed by atoms with Crippen LogP contribution in [0, 0.1) is 0 Å². The van der Waals surface area contributed by atoms with Crippen molar-refractivity contribution in [2.75, 3.05) is 13.1 Å². The molecule has 0 bridgehead atoms. The molecule has 0 aromatic heterocycles. The van der Waals surface area contributed by atoms with Crippen LogP contribution < -0.4 is 9.47 Å². The van der Waals surface area contributed by atoms with Gasteiger partial charge in [-0.25, -0.2) is 0 Å². The number of carbonyl (C=O) groups excluding carboxylic acids is 2. The van der Waals surface area contributed by atoms with E-state index in [-0.39, 0.29) is 11.7 Å². The molecule has 2 aromatic carbocycles. The summed E-state index contributed by atoms with van der Waals surface area (Å²) in [6.45, 7) is 2.77. The monoisotopic (exact) mass is 433 g/mol. The molecule has 1 atom stereocenters. The van der Waals surface area contributed by atoms with E-state index in [0.29, 0.717) is 59.5 Å². The number of rotatable bonds is 3. The number of ketones is 1. The third-order valence-electron chi connectivity index (χ3n) is 5.51. The zero-order valence-electron chi connectivity index (χ0n) is 16.0. The van der Waals surface area contributed by atoms with Gasteiger partial charge in [-0.05, 0) is 49.4 Å². The van der Waals surface area contributed by atoms with Gasteiger partial charge >= 0.3 is 0 Å². The van der Waals surface area contributed by atoms with Gasteiger partial charge in [-0.15, -0.1) is 0 Å². The van der Waals surface area contributed by atoms with Crippen LogP contribution in [-0.4, -0.2) is 41.4 Å². The largest absolute Gasteiger partial charge is 0.486 e. The molecule has 1 saturated heterocycles. The smallest absolute Gasteiger partial charge is 0.263 e. The maximum Gasteiger partial charge on any atom is 0.263 e. The minimum atomic E-state index is -0.609. The first kappa shape index (κ1) is 20.0. The predicted octanol–water partition coefficient (Wildman–Crippen LogP) is 4.79. The summed E-state index contributed by atoms with van der Waals surface area (Å²) < 4.78 is 12.0. The van der Waals surface area contributed by atoms with Gasteiger partial charge in [0.25, 0.3) is 5.91 Å². The van der Waals surface area contributed by atoms with Crippen molar-refractivity contribution in [1.82, 2.24) is 4.90 Å². The molecule has 2 heterocycles. The second kappa shape index (κ2) is 7.88. The summed E-state index contributed by atoms with van der Waals surface area (Å²) in [5, 5.41) is 1.13. The number of Topliss-reactive ketones (excluding diaryl/α,β-unsaturated/α-hetero) is 1. The van der Waals surface area contributed by atoms with Gasteiger partial charge in [0.05, 0.1) is 12.0 Å². The van der Waals surface area contributed by atoms with Crippen molar-refractivity contribution in [2.24, 2.45) is 0 Å². The summed E-state index contributed by atoms with van der Waals surface area (Å²) in [7, 11) is 0. The number of hydrogen-bond donors (Lipinski definition) is 0. The maximum absolute atomic E-state index is 12.8. The van der Waals surface area contributed by atoms with Crippen molar-refractivity contribution in [2.45, 2.75) is 37.9 Å². The summed E-state index contributed by atoms with van der Waals surface area (Å²) in [6.07, 6.45) is 0.890. The quantitative estimate of drug-likeness (QED) is 0.698. The fourth-order valence-corrected chi connectivity index (χ4v) is 4.20. The van der Waals surface area contributed by atoms with Gasteiger partial charge in [-0.1, -0.05) is 23.2 Å². The van der Waals surface area contributed by atoms with Crippen molar-refractivity contribution >= 4 is 34.9 Å². The lowest BCUT2D eigenvalue weighted by Crippen LogP contribution is -2.54. The predicted molar refractivity (Wildman–Crippen MR) is 111 cm³/mol. The second-order valence-electron chi connectivity index (χ2n) is 7.56. The molecular weight excluding hydrogens is 413 g/mol. The number of likely N-dealkylation sites (tertiary alicyclic amines) is 1. The number of nitrogens with zero attached hydrogens (tertiary/aromatic N) is 1. The molecule has 2 aromatic rings. The molecule has 1 spiro atoms. The van der Waals surface area contributed by atoms with Crippen LogP contribution in [0.3, 0.4) is 0 Å². The number of ether oxygens (including phenoxy) is 2. The summed E-state index contributed by atoms with van der Waals surface area (Å²) in [6, 6.07) is 12.0. The van der Waals surface area contributed by atoms with E-state index in [1.54, 1.807) is 54.3 Å². The summed E-state index contributed by atoms with van der Waals surface area (Å²) in [4.78, 5) is 27.2. The van der Waals surface area contributed by atoms with Gasteiger partial charge in [-0.2, -0.15) is 0 Å². The molecule has 152 valence electrons. The van der Waals surface area contributed by atoms with Crippen molar-refractivity contribution in [3.05, 3.63) is 58.1 Å². The van der Waals surface area contributed by atoms with Crippen molar-refractivity contribution in [3.63, 3.8) is 0 Å². The van der Waals surface area contributed by atoms with Crippen LogP contribution in [0.5, 0.6) is 11.5 Å². The van der Waals surface area contributed by atoms with Gasteiger partial charge in [0, 0.05) is 36.0 Å². The number of amides is 1. The van der Waals surface area contributed by atoms with Crippen LogP contribution in [0.2, 0.25) is 10.0 Å².